The minimum absolute atomic E-state index is 0.123. The van der Waals surface area contributed by atoms with Gasteiger partial charge in [-0.1, -0.05) is 35.2 Å². The molecule has 0 atom stereocenters. The van der Waals surface area contributed by atoms with Gasteiger partial charge in [-0.3, -0.25) is 9.59 Å². The van der Waals surface area contributed by atoms with Gasteiger partial charge in [-0.15, -0.1) is 15.3 Å². The van der Waals surface area contributed by atoms with Gasteiger partial charge < -0.3 is 5.32 Å². The average molecular weight is 361 g/mol. The summed E-state index contributed by atoms with van der Waals surface area (Å²) in [5.41, 5.74) is 2.91. The molecule has 124 valence electrons. The first-order chi connectivity index (χ1) is 11.4. The third-order valence-corrected chi connectivity index (χ3v) is 5.35. The van der Waals surface area contributed by atoms with Crippen LogP contribution < -0.4 is 10.9 Å². The molecule has 1 amide bonds. The summed E-state index contributed by atoms with van der Waals surface area (Å²) in [6.45, 7) is 5.51. The molecule has 0 unspecified atom stereocenters. The van der Waals surface area contributed by atoms with E-state index < -0.39 is 0 Å². The van der Waals surface area contributed by atoms with Crippen molar-refractivity contribution in [3.63, 3.8) is 0 Å². The van der Waals surface area contributed by atoms with E-state index in [1.54, 1.807) is 6.92 Å². The summed E-state index contributed by atoms with van der Waals surface area (Å²) < 4.78 is 1.82. The Balaban J connectivity index is 1.69. The zero-order valence-corrected chi connectivity index (χ0v) is 15.0. The van der Waals surface area contributed by atoms with Gasteiger partial charge in [0.2, 0.25) is 10.9 Å². The van der Waals surface area contributed by atoms with Gasteiger partial charge in [-0.05, 0) is 38.0 Å². The maximum absolute atomic E-state index is 12.1. The maximum atomic E-state index is 12.1. The molecule has 1 N–H and O–H groups in total. The van der Waals surface area contributed by atoms with E-state index in [4.69, 9.17) is 0 Å². The molecule has 0 fully saturated rings. The molecule has 3 rings (SSSR count). The van der Waals surface area contributed by atoms with Crippen LogP contribution in [0.15, 0.2) is 27.3 Å². The molecule has 2 aromatic heterocycles. The maximum Gasteiger partial charge on any atom is 0.296 e. The molecule has 24 heavy (non-hydrogen) atoms. The van der Waals surface area contributed by atoms with Crippen LogP contribution in [0.4, 0.5) is 5.69 Å². The number of aromatic nitrogens is 4. The molecule has 3 aromatic rings. The van der Waals surface area contributed by atoms with Crippen LogP contribution in [0.1, 0.15) is 16.8 Å². The van der Waals surface area contributed by atoms with Crippen LogP contribution in [-0.2, 0) is 4.79 Å². The topological polar surface area (TPSA) is 89.3 Å². The van der Waals surface area contributed by atoms with E-state index in [1.807, 2.05) is 32.0 Å². The van der Waals surface area contributed by atoms with Crippen LogP contribution in [0.25, 0.3) is 4.96 Å². The van der Waals surface area contributed by atoms with E-state index in [9.17, 15) is 9.59 Å². The number of rotatable bonds is 4. The Morgan fingerprint density at radius 1 is 1.29 bits per heavy atom. The van der Waals surface area contributed by atoms with Crippen molar-refractivity contribution in [3.05, 3.63) is 45.4 Å². The van der Waals surface area contributed by atoms with Crippen molar-refractivity contribution in [2.75, 3.05) is 11.1 Å². The summed E-state index contributed by atoms with van der Waals surface area (Å²) in [4.78, 5) is 24.5. The van der Waals surface area contributed by atoms with Crippen molar-refractivity contribution in [2.45, 2.75) is 25.1 Å². The Hall–Kier alpha value is -2.26. The van der Waals surface area contributed by atoms with Gasteiger partial charge in [-0.25, -0.2) is 0 Å². The number of anilines is 1. The lowest BCUT2D eigenvalue weighted by atomic mass is 10.1. The van der Waals surface area contributed by atoms with Crippen LogP contribution in [0.2, 0.25) is 0 Å². The Morgan fingerprint density at radius 2 is 2.08 bits per heavy atom. The third-order valence-electron chi connectivity index (χ3n) is 3.32. The summed E-state index contributed by atoms with van der Waals surface area (Å²) >= 11 is 2.50. The molecular weight excluding hydrogens is 346 g/mol. The number of hydrogen-bond donors (Lipinski definition) is 1. The quantitative estimate of drug-likeness (QED) is 0.717. The standard InChI is InChI=1S/C15H15N5O2S2/c1-8-4-5-9(2)11(6-8)16-12(21)7-23-15-19-20-13(22)10(3)17-18-14(20)24-15/h4-6H,7H2,1-3H3,(H,16,21). The van der Waals surface area contributed by atoms with E-state index in [0.717, 1.165) is 16.8 Å². The first-order valence-corrected chi connectivity index (χ1v) is 8.97. The van der Waals surface area contributed by atoms with E-state index in [-0.39, 0.29) is 17.2 Å². The van der Waals surface area contributed by atoms with Gasteiger partial charge in [0.05, 0.1) is 5.75 Å². The molecule has 1 aromatic carbocycles. The van der Waals surface area contributed by atoms with Gasteiger partial charge in [0.1, 0.15) is 5.69 Å². The Kier molecular flexibility index (Phi) is 4.63. The average Bonchev–Trinajstić information content (AvgIpc) is 2.97. The van der Waals surface area contributed by atoms with Crippen molar-refractivity contribution in [3.8, 4) is 0 Å². The zero-order chi connectivity index (χ0) is 17.3. The van der Waals surface area contributed by atoms with E-state index >= 15 is 0 Å². The highest BCUT2D eigenvalue weighted by Gasteiger charge is 2.12. The van der Waals surface area contributed by atoms with Crippen LogP contribution in [-0.4, -0.2) is 31.5 Å². The molecule has 0 aliphatic rings. The van der Waals surface area contributed by atoms with Gasteiger partial charge in [0.25, 0.3) is 5.56 Å². The highest BCUT2D eigenvalue weighted by molar-refractivity contribution is 8.01. The van der Waals surface area contributed by atoms with Crippen molar-refractivity contribution in [1.82, 2.24) is 19.8 Å². The van der Waals surface area contributed by atoms with Crippen LogP contribution in [0.5, 0.6) is 0 Å². The monoisotopic (exact) mass is 361 g/mol. The molecule has 0 saturated heterocycles. The second-order valence-electron chi connectivity index (χ2n) is 5.31. The zero-order valence-electron chi connectivity index (χ0n) is 13.4. The SMILES string of the molecule is Cc1ccc(C)c(NC(=O)CSc2nn3c(=O)c(C)nnc3s2)c1. The molecule has 0 radical (unpaired) electrons. The van der Waals surface area contributed by atoms with E-state index in [0.29, 0.717) is 15.0 Å². The summed E-state index contributed by atoms with van der Waals surface area (Å²) in [6, 6.07) is 5.91. The fourth-order valence-electron chi connectivity index (χ4n) is 2.02. The second kappa shape index (κ2) is 6.70. The highest BCUT2D eigenvalue weighted by Crippen LogP contribution is 2.23. The normalized spacial score (nSPS) is 11.0. The number of benzene rings is 1. The summed E-state index contributed by atoms with van der Waals surface area (Å²) in [6.07, 6.45) is 0. The number of carbonyl (C=O) groups excluding carboxylic acids is 1. The van der Waals surface area contributed by atoms with Gasteiger partial charge in [0, 0.05) is 5.69 Å². The minimum Gasteiger partial charge on any atom is -0.325 e. The smallest absolute Gasteiger partial charge is 0.296 e. The molecule has 0 aliphatic carbocycles. The molecule has 2 heterocycles. The Labute approximate surface area is 146 Å². The van der Waals surface area contributed by atoms with E-state index in [1.165, 1.54) is 27.6 Å². The summed E-state index contributed by atoms with van der Waals surface area (Å²) in [5.74, 6) is 0.0801. The van der Waals surface area contributed by atoms with Gasteiger partial charge in [0.15, 0.2) is 4.34 Å². The fraction of sp³-hybridized carbons (Fsp3) is 0.267. The first kappa shape index (κ1) is 16.6. The molecule has 9 heteroatoms. The summed E-state index contributed by atoms with van der Waals surface area (Å²) in [7, 11) is 0. The molecule has 0 aliphatic heterocycles. The third kappa shape index (κ3) is 3.46. The minimum atomic E-state index is -0.289. The number of aryl methyl sites for hydroxylation is 3. The van der Waals surface area contributed by atoms with Crippen LogP contribution in [0, 0.1) is 20.8 Å². The molecular formula is C15H15N5O2S2. The number of carbonyl (C=O) groups is 1. The van der Waals surface area contributed by atoms with Crippen molar-refractivity contribution in [1.29, 1.82) is 0 Å². The predicted molar refractivity (Wildman–Crippen MR) is 94.9 cm³/mol. The number of fused-ring (bicyclic) bond motifs is 1. The fourth-order valence-corrected chi connectivity index (χ4v) is 3.69. The van der Waals surface area contributed by atoms with Crippen molar-refractivity contribution >= 4 is 39.7 Å². The van der Waals surface area contributed by atoms with E-state index in [2.05, 4.69) is 20.6 Å². The number of hydrogen-bond acceptors (Lipinski definition) is 7. The Morgan fingerprint density at radius 3 is 2.88 bits per heavy atom. The van der Waals surface area contributed by atoms with Gasteiger partial charge in [-0.2, -0.15) is 4.52 Å². The molecule has 0 saturated carbocycles. The van der Waals surface area contributed by atoms with Crippen LogP contribution in [0.3, 0.4) is 0 Å². The first-order valence-electron chi connectivity index (χ1n) is 7.17. The predicted octanol–water partition coefficient (Wildman–Crippen LogP) is 2.20. The van der Waals surface area contributed by atoms with Crippen LogP contribution >= 0.6 is 23.1 Å². The number of amides is 1. The second-order valence-corrected chi connectivity index (χ2v) is 7.49. The summed E-state index contributed by atoms with van der Waals surface area (Å²) in [5, 5.41) is 14.8. The largest absolute Gasteiger partial charge is 0.325 e. The number of thioether (sulfide) groups is 1. The molecule has 0 spiro atoms. The lowest BCUT2D eigenvalue weighted by Crippen LogP contribution is -2.19. The molecule has 0 bridgehead atoms. The van der Waals surface area contributed by atoms with Crippen molar-refractivity contribution < 1.29 is 4.79 Å². The number of nitrogens with zero attached hydrogens (tertiary/aromatic N) is 4. The lowest BCUT2D eigenvalue weighted by Gasteiger charge is -2.08. The lowest BCUT2D eigenvalue weighted by molar-refractivity contribution is -0.113. The Bertz CT molecular complexity index is 980. The number of nitrogens with one attached hydrogen (secondary N) is 1. The van der Waals surface area contributed by atoms with Crippen molar-refractivity contribution in [2.24, 2.45) is 0 Å². The van der Waals surface area contributed by atoms with Gasteiger partial charge >= 0.3 is 0 Å². The molecule has 7 nitrogen and oxygen atoms in total. The highest BCUT2D eigenvalue weighted by atomic mass is 32.2.